The lowest BCUT2D eigenvalue weighted by Gasteiger charge is -2.11. The maximum atomic E-state index is 13.0. The van der Waals surface area contributed by atoms with Crippen molar-refractivity contribution in [2.75, 3.05) is 21.3 Å². The fourth-order valence-corrected chi connectivity index (χ4v) is 3.59. The van der Waals surface area contributed by atoms with E-state index in [0.29, 0.717) is 38.9 Å². The number of aromatic nitrogens is 2. The van der Waals surface area contributed by atoms with E-state index in [1.807, 2.05) is 5.92 Å². The zero-order chi connectivity index (χ0) is 27.1. The maximum absolute atomic E-state index is 13.0. The number of aryl methyl sites for hydroxylation is 1. The second-order valence-electron chi connectivity index (χ2n) is 8.05. The molecule has 0 unspecified atom stereocenters. The first-order valence-corrected chi connectivity index (χ1v) is 11.6. The van der Waals surface area contributed by atoms with Crippen LogP contribution in [-0.4, -0.2) is 27.7 Å². The van der Waals surface area contributed by atoms with Gasteiger partial charge in [-0.2, -0.15) is 0 Å². The first kappa shape index (κ1) is 25.9. The molecule has 3 amide bonds. The van der Waals surface area contributed by atoms with Gasteiger partial charge in [-0.25, -0.2) is 9.97 Å². The van der Waals surface area contributed by atoms with Gasteiger partial charge in [0, 0.05) is 33.2 Å². The van der Waals surface area contributed by atoms with Crippen molar-refractivity contribution < 1.29 is 14.4 Å². The van der Waals surface area contributed by atoms with E-state index >= 15 is 0 Å². The van der Waals surface area contributed by atoms with Crippen LogP contribution in [0.5, 0.6) is 0 Å². The number of anilines is 5. The van der Waals surface area contributed by atoms with Gasteiger partial charge in [0.1, 0.15) is 0 Å². The Balaban J connectivity index is 1.41. The van der Waals surface area contributed by atoms with Crippen molar-refractivity contribution in [1.29, 1.82) is 0 Å². The van der Waals surface area contributed by atoms with Crippen LogP contribution in [0.3, 0.4) is 0 Å². The van der Waals surface area contributed by atoms with E-state index in [2.05, 4.69) is 31.2 Å². The van der Waals surface area contributed by atoms with Crippen molar-refractivity contribution in [3.05, 3.63) is 101 Å². The lowest BCUT2D eigenvalue weighted by molar-refractivity contribution is -0.111. The molecule has 188 valence electrons. The van der Waals surface area contributed by atoms with Crippen molar-refractivity contribution in [3.63, 3.8) is 0 Å². The third kappa shape index (κ3) is 6.72. The van der Waals surface area contributed by atoms with Crippen LogP contribution in [0.1, 0.15) is 26.3 Å². The molecular weight excluding hydrogens is 504 g/mol. The average molecular weight is 525 g/mol. The fourth-order valence-electron chi connectivity index (χ4n) is 3.40. The fraction of sp³-hybridized carbons (Fsp3) is 0.0357. The monoisotopic (exact) mass is 524 g/mol. The van der Waals surface area contributed by atoms with Gasteiger partial charge in [0.25, 0.3) is 17.7 Å². The van der Waals surface area contributed by atoms with Gasteiger partial charge in [-0.05, 0) is 66.9 Å². The summed E-state index contributed by atoms with van der Waals surface area (Å²) in [5.74, 6) is 0.986. The Morgan fingerprint density at radius 2 is 1.47 bits per heavy atom. The minimum Gasteiger partial charge on any atom is -0.324 e. The Morgan fingerprint density at radius 3 is 2.21 bits per heavy atom. The molecule has 9 nitrogen and oxygen atoms in total. The van der Waals surface area contributed by atoms with Gasteiger partial charge in [-0.15, -0.1) is 6.42 Å². The van der Waals surface area contributed by atoms with E-state index in [0.717, 1.165) is 5.56 Å². The van der Waals surface area contributed by atoms with Crippen molar-refractivity contribution in [2.24, 2.45) is 0 Å². The number of hydrogen-bond donors (Lipinski definition) is 4. The topological polar surface area (TPSA) is 125 Å². The molecule has 0 atom stereocenters. The molecule has 4 rings (SSSR count). The second kappa shape index (κ2) is 11.7. The standard InChI is InChI=1S/C28H21ClN6O3/c1-3-25(36)32-20-8-5-9-21(13-20)35-28-30-15-23(16-31-28)34-27(38)24-14-22(11-10-17(24)2)33-26(37)18-6-4-7-19(29)12-18/h1,4-16H,2H3,(H,32,36)(H,33,37)(H,34,38)(H,30,31,35). The Bertz CT molecular complexity index is 1560. The first-order chi connectivity index (χ1) is 18.3. The Hall–Kier alpha value is -5.20. The molecule has 0 spiro atoms. The van der Waals surface area contributed by atoms with Crippen LogP contribution in [-0.2, 0) is 4.79 Å². The molecule has 0 aliphatic heterocycles. The highest BCUT2D eigenvalue weighted by Crippen LogP contribution is 2.21. The van der Waals surface area contributed by atoms with Crippen molar-refractivity contribution in [1.82, 2.24) is 9.97 Å². The minimum atomic E-state index is -0.553. The summed E-state index contributed by atoms with van der Waals surface area (Å²) in [6, 6.07) is 18.5. The predicted molar refractivity (Wildman–Crippen MR) is 148 cm³/mol. The van der Waals surface area contributed by atoms with Crippen LogP contribution in [0.25, 0.3) is 0 Å². The van der Waals surface area contributed by atoms with Gasteiger partial charge in [-0.3, -0.25) is 14.4 Å². The molecule has 1 heterocycles. The molecule has 3 aromatic carbocycles. The Labute approximate surface area is 223 Å². The van der Waals surface area contributed by atoms with E-state index < -0.39 is 5.91 Å². The summed E-state index contributed by atoms with van der Waals surface area (Å²) < 4.78 is 0. The smallest absolute Gasteiger partial charge is 0.300 e. The molecule has 4 N–H and O–H groups in total. The molecule has 1 aromatic heterocycles. The number of terminal acetylenes is 1. The Morgan fingerprint density at radius 1 is 0.789 bits per heavy atom. The zero-order valence-electron chi connectivity index (χ0n) is 20.1. The molecule has 0 bridgehead atoms. The summed E-state index contributed by atoms with van der Waals surface area (Å²) in [7, 11) is 0. The average Bonchev–Trinajstić information content (AvgIpc) is 2.91. The quantitative estimate of drug-likeness (QED) is 0.244. The number of benzene rings is 3. The highest BCUT2D eigenvalue weighted by atomic mass is 35.5. The number of nitrogens with one attached hydrogen (secondary N) is 4. The molecule has 4 aromatic rings. The summed E-state index contributed by atoms with van der Waals surface area (Å²) in [5.41, 5.74) is 3.48. The SMILES string of the molecule is C#CC(=O)Nc1cccc(Nc2ncc(NC(=O)c3cc(NC(=O)c4cccc(Cl)c4)ccc3C)cn2)c1. The van der Waals surface area contributed by atoms with E-state index in [1.165, 1.54) is 12.4 Å². The van der Waals surface area contributed by atoms with Crippen LogP contribution < -0.4 is 21.3 Å². The molecule has 0 saturated carbocycles. The first-order valence-electron chi connectivity index (χ1n) is 11.3. The number of amides is 3. The van der Waals surface area contributed by atoms with Crippen LogP contribution in [0, 0.1) is 19.3 Å². The van der Waals surface area contributed by atoms with Crippen LogP contribution in [0.2, 0.25) is 5.02 Å². The molecule has 10 heteroatoms. The van der Waals surface area contributed by atoms with E-state index in [9.17, 15) is 14.4 Å². The van der Waals surface area contributed by atoms with E-state index in [1.54, 1.807) is 73.7 Å². The predicted octanol–water partition coefficient (Wildman–Crippen LogP) is 5.26. The van der Waals surface area contributed by atoms with Gasteiger partial charge in [0.15, 0.2) is 0 Å². The maximum Gasteiger partial charge on any atom is 0.300 e. The van der Waals surface area contributed by atoms with Crippen LogP contribution >= 0.6 is 11.6 Å². The van der Waals surface area contributed by atoms with Gasteiger partial charge >= 0.3 is 0 Å². The van der Waals surface area contributed by atoms with Gasteiger partial charge in [-0.1, -0.05) is 29.8 Å². The lowest BCUT2D eigenvalue weighted by atomic mass is 10.1. The highest BCUT2D eigenvalue weighted by molar-refractivity contribution is 6.31. The van der Waals surface area contributed by atoms with Gasteiger partial charge in [0.2, 0.25) is 5.95 Å². The second-order valence-corrected chi connectivity index (χ2v) is 8.48. The van der Waals surface area contributed by atoms with Crippen molar-refractivity contribution >= 4 is 58.0 Å². The molecule has 38 heavy (non-hydrogen) atoms. The van der Waals surface area contributed by atoms with E-state index in [-0.39, 0.29) is 17.8 Å². The molecule has 0 saturated heterocycles. The molecule has 0 radical (unpaired) electrons. The van der Waals surface area contributed by atoms with Crippen molar-refractivity contribution in [3.8, 4) is 12.3 Å². The number of nitrogens with zero attached hydrogens (tertiary/aromatic N) is 2. The minimum absolute atomic E-state index is 0.283. The zero-order valence-corrected chi connectivity index (χ0v) is 20.8. The third-order valence-electron chi connectivity index (χ3n) is 5.24. The number of carbonyl (C=O) groups is 3. The number of hydrogen-bond acceptors (Lipinski definition) is 6. The summed E-state index contributed by atoms with van der Waals surface area (Å²) in [6.45, 7) is 1.79. The summed E-state index contributed by atoms with van der Waals surface area (Å²) in [6.07, 6.45) is 7.99. The third-order valence-corrected chi connectivity index (χ3v) is 5.48. The van der Waals surface area contributed by atoms with E-state index in [4.69, 9.17) is 18.0 Å². The van der Waals surface area contributed by atoms with Crippen LogP contribution in [0.15, 0.2) is 79.1 Å². The van der Waals surface area contributed by atoms with Gasteiger partial charge in [0.05, 0.1) is 18.1 Å². The normalized spacial score (nSPS) is 10.1. The van der Waals surface area contributed by atoms with Crippen molar-refractivity contribution in [2.45, 2.75) is 6.92 Å². The highest BCUT2D eigenvalue weighted by Gasteiger charge is 2.13. The summed E-state index contributed by atoms with van der Waals surface area (Å²) in [5, 5.41) is 11.6. The molecular formula is C28H21ClN6O3. The number of halogens is 1. The molecule has 0 aliphatic rings. The largest absolute Gasteiger partial charge is 0.324 e. The lowest BCUT2D eigenvalue weighted by Crippen LogP contribution is -2.16. The number of rotatable bonds is 7. The summed E-state index contributed by atoms with van der Waals surface area (Å²) >= 11 is 5.97. The molecule has 0 fully saturated rings. The Kier molecular flexibility index (Phi) is 7.96. The molecule has 0 aliphatic carbocycles. The van der Waals surface area contributed by atoms with Crippen LogP contribution in [0.4, 0.5) is 28.7 Å². The summed E-state index contributed by atoms with van der Waals surface area (Å²) in [4.78, 5) is 45.3. The van der Waals surface area contributed by atoms with Gasteiger partial charge < -0.3 is 21.3 Å². The number of carbonyl (C=O) groups excluding carboxylic acids is 3.